The fourth-order valence-corrected chi connectivity index (χ4v) is 5.42. The fourth-order valence-electron chi connectivity index (χ4n) is 3.82. The van der Waals surface area contributed by atoms with Crippen LogP contribution >= 0.6 is 11.6 Å². The quantitative estimate of drug-likeness (QED) is 0.476. The first-order valence-corrected chi connectivity index (χ1v) is 13.1. The van der Waals surface area contributed by atoms with Crippen LogP contribution in [0.1, 0.15) is 55.8 Å². The van der Waals surface area contributed by atoms with Crippen LogP contribution in [0.15, 0.2) is 53.4 Å². The van der Waals surface area contributed by atoms with Gasteiger partial charge in [-0.1, -0.05) is 37.8 Å². The standard InChI is InChI=1S/C24H32ClN3O3S/c1-2-3-4-5-16-26-21-14-17-28(18-15-21)32(30,31)23-12-10-22(11-13-23)27-24(29)19-6-8-20(25)9-7-19/h6-13,21,26H,2-5,14-18H2,1H3,(H,27,29). The second-order valence-electron chi connectivity index (χ2n) is 8.18. The molecule has 1 amide bonds. The number of carbonyl (C=O) groups is 1. The molecule has 0 unspecified atom stereocenters. The number of halogens is 1. The average molecular weight is 478 g/mol. The molecule has 0 aromatic heterocycles. The van der Waals surface area contributed by atoms with Crippen LogP contribution in [0.5, 0.6) is 0 Å². The first-order chi connectivity index (χ1) is 15.4. The third-order valence-corrected chi connectivity index (χ3v) is 7.94. The highest BCUT2D eigenvalue weighted by Crippen LogP contribution is 2.23. The highest BCUT2D eigenvalue weighted by molar-refractivity contribution is 7.89. The minimum absolute atomic E-state index is 0.243. The smallest absolute Gasteiger partial charge is 0.255 e. The van der Waals surface area contributed by atoms with Gasteiger partial charge in [0.25, 0.3) is 5.91 Å². The van der Waals surface area contributed by atoms with E-state index in [0.29, 0.717) is 35.4 Å². The molecule has 32 heavy (non-hydrogen) atoms. The Kier molecular flexibility index (Phi) is 9.11. The monoisotopic (exact) mass is 477 g/mol. The van der Waals surface area contributed by atoms with Crippen LogP contribution in [0, 0.1) is 0 Å². The highest BCUT2D eigenvalue weighted by Gasteiger charge is 2.29. The normalized spacial score (nSPS) is 15.6. The molecule has 8 heteroatoms. The van der Waals surface area contributed by atoms with Gasteiger partial charge in [-0.2, -0.15) is 4.31 Å². The van der Waals surface area contributed by atoms with Crippen molar-refractivity contribution in [3.05, 3.63) is 59.1 Å². The zero-order valence-electron chi connectivity index (χ0n) is 18.5. The summed E-state index contributed by atoms with van der Waals surface area (Å²) in [5.41, 5.74) is 1.02. The van der Waals surface area contributed by atoms with Crippen LogP contribution in [-0.4, -0.2) is 44.3 Å². The van der Waals surface area contributed by atoms with Crippen LogP contribution < -0.4 is 10.6 Å². The van der Waals surface area contributed by atoms with Crippen LogP contribution in [0.3, 0.4) is 0 Å². The molecule has 2 aromatic carbocycles. The Morgan fingerprint density at radius 3 is 2.28 bits per heavy atom. The van der Waals surface area contributed by atoms with Crippen molar-refractivity contribution in [2.45, 2.75) is 56.4 Å². The number of amides is 1. The number of unbranched alkanes of at least 4 members (excludes halogenated alkanes) is 3. The molecule has 6 nitrogen and oxygen atoms in total. The van der Waals surface area contributed by atoms with Gasteiger partial charge in [0.05, 0.1) is 4.90 Å². The molecule has 2 N–H and O–H groups in total. The summed E-state index contributed by atoms with van der Waals surface area (Å²) in [4.78, 5) is 12.6. The Morgan fingerprint density at radius 2 is 1.66 bits per heavy atom. The summed E-state index contributed by atoms with van der Waals surface area (Å²) in [6.07, 6.45) is 6.55. The molecule has 0 radical (unpaired) electrons. The maximum absolute atomic E-state index is 13.0. The number of anilines is 1. The number of hydrogen-bond donors (Lipinski definition) is 2. The topological polar surface area (TPSA) is 78.5 Å². The third kappa shape index (κ3) is 6.78. The summed E-state index contributed by atoms with van der Waals surface area (Å²) in [6, 6.07) is 13.3. The lowest BCUT2D eigenvalue weighted by Crippen LogP contribution is -2.45. The van der Waals surface area contributed by atoms with E-state index in [1.807, 2.05) is 0 Å². The molecule has 1 aliphatic heterocycles. The molecule has 174 valence electrons. The summed E-state index contributed by atoms with van der Waals surface area (Å²) in [5.74, 6) is -0.276. The summed E-state index contributed by atoms with van der Waals surface area (Å²) < 4.78 is 27.6. The Balaban J connectivity index is 1.51. The van der Waals surface area contributed by atoms with Crippen molar-refractivity contribution >= 4 is 33.2 Å². The minimum Gasteiger partial charge on any atom is -0.322 e. The zero-order chi connectivity index (χ0) is 23.0. The van der Waals surface area contributed by atoms with Crippen molar-refractivity contribution in [3.63, 3.8) is 0 Å². The largest absolute Gasteiger partial charge is 0.322 e. The van der Waals surface area contributed by atoms with E-state index in [2.05, 4.69) is 17.6 Å². The predicted molar refractivity (Wildman–Crippen MR) is 130 cm³/mol. The van der Waals surface area contributed by atoms with Crippen molar-refractivity contribution in [3.8, 4) is 0 Å². The van der Waals surface area contributed by atoms with Gasteiger partial charge < -0.3 is 10.6 Å². The van der Waals surface area contributed by atoms with Crippen LogP contribution in [0.4, 0.5) is 5.69 Å². The predicted octanol–water partition coefficient (Wildman–Crippen LogP) is 4.92. The molecule has 1 heterocycles. The number of nitrogens with one attached hydrogen (secondary N) is 2. The molecule has 1 fully saturated rings. The number of carbonyl (C=O) groups excluding carboxylic acids is 1. The molecule has 3 rings (SSSR count). The summed E-state index contributed by atoms with van der Waals surface area (Å²) in [7, 11) is -3.54. The van der Waals surface area contributed by atoms with Gasteiger partial charge in [0.2, 0.25) is 10.0 Å². The van der Waals surface area contributed by atoms with E-state index in [9.17, 15) is 13.2 Å². The Bertz CT molecular complexity index is 971. The summed E-state index contributed by atoms with van der Waals surface area (Å²) in [5, 5.41) is 6.90. The van der Waals surface area contributed by atoms with E-state index in [1.165, 1.54) is 25.7 Å². The van der Waals surface area contributed by atoms with E-state index in [-0.39, 0.29) is 10.8 Å². The second-order valence-corrected chi connectivity index (χ2v) is 10.6. The van der Waals surface area contributed by atoms with Gasteiger partial charge in [0.1, 0.15) is 0 Å². The Morgan fingerprint density at radius 1 is 1.00 bits per heavy atom. The Labute approximate surface area is 196 Å². The van der Waals surface area contributed by atoms with E-state index in [1.54, 1.807) is 52.8 Å². The number of hydrogen-bond acceptors (Lipinski definition) is 4. The van der Waals surface area contributed by atoms with Gasteiger partial charge in [-0.05, 0) is 74.3 Å². The van der Waals surface area contributed by atoms with Crippen molar-refractivity contribution in [2.75, 3.05) is 25.0 Å². The molecular weight excluding hydrogens is 446 g/mol. The van der Waals surface area contributed by atoms with Crippen molar-refractivity contribution in [2.24, 2.45) is 0 Å². The molecule has 2 aromatic rings. The maximum Gasteiger partial charge on any atom is 0.255 e. The molecule has 0 atom stereocenters. The van der Waals surface area contributed by atoms with E-state index in [0.717, 1.165) is 19.4 Å². The van der Waals surface area contributed by atoms with Gasteiger partial charge in [-0.25, -0.2) is 8.42 Å². The van der Waals surface area contributed by atoms with Gasteiger partial charge in [0.15, 0.2) is 0 Å². The SMILES string of the molecule is CCCCCCNC1CCN(S(=O)(=O)c2ccc(NC(=O)c3ccc(Cl)cc3)cc2)CC1. The lowest BCUT2D eigenvalue weighted by molar-refractivity contribution is 0.102. The first kappa shape index (κ1) is 24.7. The fraction of sp³-hybridized carbons (Fsp3) is 0.458. The van der Waals surface area contributed by atoms with Crippen molar-refractivity contribution in [1.82, 2.24) is 9.62 Å². The maximum atomic E-state index is 13.0. The summed E-state index contributed by atoms with van der Waals surface area (Å²) >= 11 is 5.85. The summed E-state index contributed by atoms with van der Waals surface area (Å²) in [6.45, 7) is 4.24. The third-order valence-electron chi connectivity index (χ3n) is 5.77. The van der Waals surface area contributed by atoms with Crippen LogP contribution in [-0.2, 0) is 10.0 Å². The molecule has 0 bridgehead atoms. The molecule has 1 saturated heterocycles. The molecule has 0 aliphatic carbocycles. The number of benzene rings is 2. The second kappa shape index (κ2) is 11.8. The lowest BCUT2D eigenvalue weighted by atomic mass is 10.1. The molecule has 0 spiro atoms. The molecule has 1 aliphatic rings. The zero-order valence-corrected chi connectivity index (χ0v) is 20.1. The average Bonchev–Trinajstić information content (AvgIpc) is 2.80. The van der Waals surface area contributed by atoms with Crippen LogP contribution in [0.2, 0.25) is 5.02 Å². The Hall–Kier alpha value is -1.93. The molecular formula is C24H32ClN3O3S. The number of rotatable bonds is 10. The molecule has 0 saturated carbocycles. The van der Waals surface area contributed by atoms with Gasteiger partial charge >= 0.3 is 0 Å². The van der Waals surface area contributed by atoms with Crippen molar-refractivity contribution in [1.29, 1.82) is 0 Å². The highest BCUT2D eigenvalue weighted by atomic mass is 35.5. The van der Waals surface area contributed by atoms with E-state index < -0.39 is 10.0 Å². The lowest BCUT2D eigenvalue weighted by Gasteiger charge is -2.31. The van der Waals surface area contributed by atoms with Crippen LogP contribution in [0.25, 0.3) is 0 Å². The van der Waals surface area contributed by atoms with Gasteiger partial charge in [0, 0.05) is 35.4 Å². The van der Waals surface area contributed by atoms with Gasteiger partial charge in [-0.15, -0.1) is 0 Å². The number of sulfonamides is 1. The number of nitrogens with zero attached hydrogens (tertiary/aromatic N) is 1. The van der Waals surface area contributed by atoms with E-state index >= 15 is 0 Å². The van der Waals surface area contributed by atoms with Gasteiger partial charge in [-0.3, -0.25) is 4.79 Å². The van der Waals surface area contributed by atoms with Crippen molar-refractivity contribution < 1.29 is 13.2 Å². The first-order valence-electron chi connectivity index (χ1n) is 11.3. The number of piperidine rings is 1. The minimum atomic E-state index is -3.54. The van der Waals surface area contributed by atoms with E-state index in [4.69, 9.17) is 11.6 Å².